The van der Waals surface area contributed by atoms with Crippen LogP contribution in [0.1, 0.15) is 57.6 Å². The van der Waals surface area contributed by atoms with Crippen LogP contribution >= 0.6 is 0 Å². The van der Waals surface area contributed by atoms with Gasteiger partial charge in [-0.2, -0.15) is 0 Å². The lowest BCUT2D eigenvalue weighted by molar-refractivity contribution is -0.123. The van der Waals surface area contributed by atoms with Crippen LogP contribution in [0.15, 0.2) is 95.9 Å². The van der Waals surface area contributed by atoms with Crippen LogP contribution in [0.25, 0.3) is 0 Å². The molecule has 11 heteroatoms. The van der Waals surface area contributed by atoms with E-state index in [-0.39, 0.29) is 30.1 Å². The smallest absolute Gasteiger partial charge is 0.408 e. The molecule has 46 heavy (non-hydrogen) atoms. The number of benzene rings is 3. The first-order valence-corrected chi connectivity index (χ1v) is 17.1. The zero-order valence-electron chi connectivity index (χ0n) is 26.7. The van der Waals surface area contributed by atoms with Crippen molar-refractivity contribution < 1.29 is 32.3 Å². The second kappa shape index (κ2) is 17.9. The van der Waals surface area contributed by atoms with Gasteiger partial charge in [0.2, 0.25) is 5.91 Å². The molecule has 2 atom stereocenters. The summed E-state index contributed by atoms with van der Waals surface area (Å²) in [6.45, 7) is 5.76. The van der Waals surface area contributed by atoms with Crippen molar-refractivity contribution in [2.45, 2.75) is 82.1 Å². The standard InChI is InChI=1S/C35H45N3O7S/c1-35(2,3)45-33(40)36-23-14-13-19-29(22-24-46(42,43)30-20-11-6-12-21-30)37-32(39)31(25-27-15-7-4-8-16-27)38-34(41)44-26-28-17-9-5-10-18-28/h4-12,15-18,20-21,29,31H,13-14,19,22-26H2,1-3H3,(H,36,40)(H,37,39)(H,38,41)/t29-,31-/m0/s1. The van der Waals surface area contributed by atoms with Crippen LogP contribution in [0.3, 0.4) is 0 Å². The number of ether oxygens (including phenoxy) is 2. The molecule has 0 fully saturated rings. The van der Waals surface area contributed by atoms with E-state index in [0.29, 0.717) is 25.8 Å². The molecule has 0 radical (unpaired) electrons. The number of unbranched alkanes of at least 4 members (excludes halogenated alkanes) is 1. The Kier molecular flexibility index (Phi) is 14.1. The van der Waals surface area contributed by atoms with Crippen molar-refractivity contribution in [1.82, 2.24) is 16.0 Å². The molecule has 0 saturated heterocycles. The minimum absolute atomic E-state index is 0.0453. The molecular formula is C35H45N3O7S. The summed E-state index contributed by atoms with van der Waals surface area (Å²) in [6.07, 6.45) is 0.775. The van der Waals surface area contributed by atoms with E-state index in [4.69, 9.17) is 9.47 Å². The van der Waals surface area contributed by atoms with Crippen LogP contribution in [-0.2, 0) is 37.1 Å². The Morgan fingerprint density at radius 2 is 1.33 bits per heavy atom. The Balaban J connectivity index is 1.67. The molecule has 0 unspecified atom stereocenters. The van der Waals surface area contributed by atoms with E-state index >= 15 is 0 Å². The number of sulfone groups is 1. The summed E-state index contributed by atoms with van der Waals surface area (Å²) in [6, 6.07) is 25.2. The van der Waals surface area contributed by atoms with E-state index < -0.39 is 45.6 Å². The zero-order valence-corrected chi connectivity index (χ0v) is 27.6. The molecule has 3 amide bonds. The fraction of sp³-hybridized carbons (Fsp3) is 0.400. The van der Waals surface area contributed by atoms with Crippen molar-refractivity contribution in [3.63, 3.8) is 0 Å². The highest BCUT2D eigenvalue weighted by atomic mass is 32.2. The molecule has 3 aromatic carbocycles. The topological polar surface area (TPSA) is 140 Å². The normalized spacial score (nSPS) is 12.8. The Bertz CT molecular complexity index is 1480. The quantitative estimate of drug-likeness (QED) is 0.172. The zero-order chi connectivity index (χ0) is 33.4. The van der Waals surface area contributed by atoms with E-state index in [1.54, 1.807) is 51.1 Å². The van der Waals surface area contributed by atoms with E-state index in [9.17, 15) is 22.8 Å². The van der Waals surface area contributed by atoms with Gasteiger partial charge in [-0.25, -0.2) is 18.0 Å². The van der Waals surface area contributed by atoms with Gasteiger partial charge < -0.3 is 25.4 Å². The van der Waals surface area contributed by atoms with Gasteiger partial charge in [-0.15, -0.1) is 0 Å². The van der Waals surface area contributed by atoms with E-state index in [1.165, 1.54) is 0 Å². The summed E-state index contributed by atoms with van der Waals surface area (Å²) < 4.78 is 36.7. The molecule has 248 valence electrons. The maximum atomic E-state index is 13.7. The second-order valence-electron chi connectivity index (χ2n) is 12.0. The largest absolute Gasteiger partial charge is 0.445 e. The number of rotatable bonds is 16. The fourth-order valence-corrected chi connectivity index (χ4v) is 6.02. The first-order valence-electron chi connectivity index (χ1n) is 15.5. The Labute approximate surface area is 272 Å². The van der Waals surface area contributed by atoms with Crippen molar-refractivity contribution in [2.24, 2.45) is 0 Å². The number of alkyl carbamates (subject to hydrolysis) is 2. The summed E-state index contributed by atoms with van der Waals surface area (Å²) in [5.41, 5.74) is 1.03. The molecule has 0 aliphatic rings. The van der Waals surface area contributed by atoms with Crippen LogP contribution in [0, 0.1) is 0 Å². The molecule has 0 spiro atoms. The summed E-state index contributed by atoms with van der Waals surface area (Å²) >= 11 is 0. The lowest BCUT2D eigenvalue weighted by Crippen LogP contribution is -2.51. The van der Waals surface area contributed by atoms with Gasteiger partial charge in [0.1, 0.15) is 18.2 Å². The summed E-state index contributed by atoms with van der Waals surface area (Å²) in [4.78, 5) is 38.6. The Hall–Kier alpha value is -4.38. The molecule has 0 aliphatic carbocycles. The third-order valence-corrected chi connectivity index (χ3v) is 8.70. The van der Waals surface area contributed by atoms with Gasteiger partial charge >= 0.3 is 12.2 Å². The molecular weight excluding hydrogens is 606 g/mol. The van der Waals surface area contributed by atoms with Crippen LogP contribution < -0.4 is 16.0 Å². The van der Waals surface area contributed by atoms with Crippen molar-refractivity contribution in [2.75, 3.05) is 12.3 Å². The monoisotopic (exact) mass is 651 g/mol. The third kappa shape index (κ3) is 13.7. The van der Waals surface area contributed by atoms with Gasteiger partial charge in [-0.3, -0.25) is 4.79 Å². The van der Waals surface area contributed by atoms with Crippen molar-refractivity contribution in [3.05, 3.63) is 102 Å². The number of hydrogen-bond donors (Lipinski definition) is 3. The molecule has 0 saturated carbocycles. The maximum absolute atomic E-state index is 13.7. The first-order chi connectivity index (χ1) is 21.9. The van der Waals surface area contributed by atoms with Crippen molar-refractivity contribution in [3.8, 4) is 0 Å². The number of carbonyl (C=O) groups excluding carboxylic acids is 3. The minimum atomic E-state index is -3.59. The number of amides is 3. The highest BCUT2D eigenvalue weighted by molar-refractivity contribution is 7.91. The second-order valence-corrected chi connectivity index (χ2v) is 14.1. The fourth-order valence-electron chi connectivity index (χ4n) is 4.62. The minimum Gasteiger partial charge on any atom is -0.445 e. The van der Waals surface area contributed by atoms with Crippen LogP contribution in [0.2, 0.25) is 0 Å². The van der Waals surface area contributed by atoms with E-state index in [2.05, 4.69) is 16.0 Å². The molecule has 0 bridgehead atoms. The molecule has 0 aliphatic heterocycles. The number of carbonyl (C=O) groups is 3. The highest BCUT2D eigenvalue weighted by Gasteiger charge is 2.26. The highest BCUT2D eigenvalue weighted by Crippen LogP contribution is 2.15. The molecule has 0 heterocycles. The van der Waals surface area contributed by atoms with Gasteiger partial charge in [-0.1, -0.05) is 78.9 Å². The van der Waals surface area contributed by atoms with Gasteiger partial charge in [0, 0.05) is 19.0 Å². The molecule has 3 rings (SSSR count). The average molecular weight is 652 g/mol. The molecule has 10 nitrogen and oxygen atoms in total. The maximum Gasteiger partial charge on any atom is 0.408 e. The van der Waals surface area contributed by atoms with Crippen molar-refractivity contribution >= 4 is 27.9 Å². The summed E-state index contributed by atoms with van der Waals surface area (Å²) in [5, 5.41) is 8.40. The molecule has 3 aromatic rings. The number of hydrogen-bond acceptors (Lipinski definition) is 7. The predicted octanol–water partition coefficient (Wildman–Crippen LogP) is 5.57. The molecule has 3 N–H and O–H groups in total. The first kappa shape index (κ1) is 36.1. The van der Waals surface area contributed by atoms with Gasteiger partial charge in [0.25, 0.3) is 0 Å². The average Bonchev–Trinajstić information content (AvgIpc) is 3.02. The van der Waals surface area contributed by atoms with E-state index in [0.717, 1.165) is 11.1 Å². The van der Waals surface area contributed by atoms with Crippen molar-refractivity contribution in [1.29, 1.82) is 0 Å². The van der Waals surface area contributed by atoms with Crippen LogP contribution in [-0.4, -0.2) is 56.5 Å². The van der Waals surface area contributed by atoms with Gasteiger partial charge in [0.05, 0.1) is 10.6 Å². The third-order valence-electron chi connectivity index (χ3n) is 6.94. The van der Waals surface area contributed by atoms with Gasteiger partial charge in [0.15, 0.2) is 9.84 Å². The summed E-state index contributed by atoms with van der Waals surface area (Å²) in [7, 11) is -3.59. The number of nitrogens with one attached hydrogen (secondary N) is 3. The lowest BCUT2D eigenvalue weighted by atomic mass is 10.0. The molecule has 0 aromatic heterocycles. The summed E-state index contributed by atoms with van der Waals surface area (Å²) in [5.74, 6) is -0.622. The van der Waals surface area contributed by atoms with Gasteiger partial charge in [-0.05, 0) is 69.7 Å². The predicted molar refractivity (Wildman–Crippen MR) is 177 cm³/mol. The van der Waals surface area contributed by atoms with E-state index in [1.807, 2.05) is 60.7 Å². The van der Waals surface area contributed by atoms with Crippen LogP contribution in [0.4, 0.5) is 9.59 Å². The van der Waals surface area contributed by atoms with Crippen LogP contribution in [0.5, 0.6) is 0 Å². The lowest BCUT2D eigenvalue weighted by Gasteiger charge is -2.24. The SMILES string of the molecule is CC(C)(C)OC(=O)NCCCC[C@@H](CCS(=O)(=O)c1ccccc1)NC(=O)[C@H](Cc1ccccc1)NC(=O)OCc1ccccc1. The Morgan fingerprint density at radius 3 is 1.93 bits per heavy atom. The Morgan fingerprint density at radius 1 is 0.739 bits per heavy atom.